The van der Waals surface area contributed by atoms with E-state index in [1.807, 2.05) is 5.32 Å². The molecule has 0 aliphatic heterocycles. The first-order valence-corrected chi connectivity index (χ1v) is 3.46. The van der Waals surface area contributed by atoms with Gasteiger partial charge in [0.1, 0.15) is 0 Å². The molecular weight excluding hydrogens is 159 g/mol. The number of alkyl halides is 1. The Balaban J connectivity index is 2.66. The van der Waals surface area contributed by atoms with Gasteiger partial charge in [0, 0.05) is 5.56 Å². The summed E-state index contributed by atoms with van der Waals surface area (Å²) in [6, 6.07) is 8.32. The fourth-order valence-corrected chi connectivity index (χ4v) is 0.798. The van der Waals surface area contributed by atoms with Crippen LogP contribution in [0.3, 0.4) is 0 Å². The summed E-state index contributed by atoms with van der Waals surface area (Å²) >= 11 is 0. The van der Waals surface area contributed by atoms with Crippen LogP contribution in [0.15, 0.2) is 30.3 Å². The third kappa shape index (κ3) is 2.32. The molecule has 64 valence electrons. The molecule has 0 bridgehead atoms. The van der Waals surface area contributed by atoms with Crippen LogP contribution in [-0.4, -0.2) is 12.3 Å². The smallest absolute Gasteiger partial charge is 0.254 e. The fourth-order valence-electron chi connectivity index (χ4n) is 0.798. The molecule has 0 radical (unpaired) electrons. The summed E-state index contributed by atoms with van der Waals surface area (Å²) in [4.78, 5) is 11.0. The molecule has 0 aliphatic carbocycles. The zero-order chi connectivity index (χ0) is 8.97. The van der Waals surface area contributed by atoms with Crippen molar-refractivity contribution in [2.24, 2.45) is 5.73 Å². The summed E-state index contributed by atoms with van der Waals surface area (Å²) in [6.07, 6.45) is -1.81. The van der Waals surface area contributed by atoms with Crippen molar-refractivity contribution >= 4 is 5.91 Å². The largest absolute Gasteiger partial charge is 0.310 e. The lowest BCUT2D eigenvalue weighted by Gasteiger charge is -2.04. The molecule has 0 aliphatic rings. The van der Waals surface area contributed by atoms with E-state index >= 15 is 0 Å². The standard InChI is InChI=1S/C8H9FN2O/c9-8(10)11-7(12)6-4-2-1-3-5-6/h1-5,8H,10H2,(H,11,12). The number of halogens is 1. The first-order valence-electron chi connectivity index (χ1n) is 3.46. The van der Waals surface area contributed by atoms with Crippen molar-refractivity contribution < 1.29 is 9.18 Å². The average Bonchev–Trinajstić information content (AvgIpc) is 2.05. The molecule has 1 atom stereocenters. The Hall–Kier alpha value is -1.42. The Bertz CT molecular complexity index is 261. The fraction of sp³-hybridized carbons (Fsp3) is 0.125. The molecule has 0 fully saturated rings. The van der Waals surface area contributed by atoms with Crippen molar-refractivity contribution in [3.63, 3.8) is 0 Å². The molecule has 1 amide bonds. The van der Waals surface area contributed by atoms with E-state index < -0.39 is 12.3 Å². The lowest BCUT2D eigenvalue weighted by atomic mass is 10.2. The topological polar surface area (TPSA) is 55.1 Å². The van der Waals surface area contributed by atoms with Crippen LogP contribution in [0.25, 0.3) is 0 Å². The summed E-state index contributed by atoms with van der Waals surface area (Å²) in [7, 11) is 0. The molecule has 1 rings (SSSR count). The lowest BCUT2D eigenvalue weighted by molar-refractivity contribution is 0.0898. The highest BCUT2D eigenvalue weighted by atomic mass is 19.1. The van der Waals surface area contributed by atoms with Crippen molar-refractivity contribution in [3.05, 3.63) is 35.9 Å². The number of hydrogen-bond donors (Lipinski definition) is 2. The van der Waals surface area contributed by atoms with E-state index in [1.54, 1.807) is 30.3 Å². The van der Waals surface area contributed by atoms with E-state index in [1.165, 1.54) is 0 Å². The third-order valence-electron chi connectivity index (χ3n) is 1.30. The molecule has 0 heterocycles. The minimum atomic E-state index is -1.81. The molecule has 0 saturated heterocycles. The molecule has 0 saturated carbocycles. The molecule has 4 heteroatoms. The molecule has 0 spiro atoms. The van der Waals surface area contributed by atoms with E-state index in [4.69, 9.17) is 5.73 Å². The van der Waals surface area contributed by atoms with Gasteiger partial charge < -0.3 is 5.32 Å². The first kappa shape index (κ1) is 8.67. The zero-order valence-corrected chi connectivity index (χ0v) is 6.33. The van der Waals surface area contributed by atoms with Crippen molar-refractivity contribution in [2.45, 2.75) is 6.42 Å². The van der Waals surface area contributed by atoms with Crippen molar-refractivity contribution in [2.75, 3.05) is 0 Å². The van der Waals surface area contributed by atoms with Gasteiger partial charge >= 0.3 is 0 Å². The Kier molecular flexibility index (Phi) is 2.76. The van der Waals surface area contributed by atoms with Crippen LogP contribution in [0.1, 0.15) is 10.4 Å². The van der Waals surface area contributed by atoms with Gasteiger partial charge in [0.05, 0.1) is 0 Å². The molecule has 1 unspecified atom stereocenters. The van der Waals surface area contributed by atoms with E-state index in [0.717, 1.165) is 0 Å². The van der Waals surface area contributed by atoms with E-state index in [9.17, 15) is 9.18 Å². The summed E-state index contributed by atoms with van der Waals surface area (Å²) in [5.41, 5.74) is 5.13. The maximum atomic E-state index is 12.1. The predicted octanol–water partition coefficient (Wildman–Crippen LogP) is 0.628. The Labute approximate surface area is 69.4 Å². The van der Waals surface area contributed by atoms with Crippen LogP contribution in [0.4, 0.5) is 4.39 Å². The molecular formula is C8H9FN2O. The zero-order valence-electron chi connectivity index (χ0n) is 6.33. The number of rotatable bonds is 2. The lowest BCUT2D eigenvalue weighted by Crippen LogP contribution is -2.37. The Morgan fingerprint density at radius 2 is 2.00 bits per heavy atom. The van der Waals surface area contributed by atoms with Crippen molar-refractivity contribution in [1.29, 1.82) is 0 Å². The van der Waals surface area contributed by atoms with Crippen LogP contribution < -0.4 is 11.1 Å². The highest BCUT2D eigenvalue weighted by Crippen LogP contribution is 1.97. The van der Waals surface area contributed by atoms with Gasteiger partial charge in [0.25, 0.3) is 5.91 Å². The number of benzene rings is 1. The number of amides is 1. The van der Waals surface area contributed by atoms with Crippen molar-refractivity contribution in [3.8, 4) is 0 Å². The quantitative estimate of drug-likeness (QED) is 0.502. The molecule has 3 nitrogen and oxygen atoms in total. The number of nitrogens with one attached hydrogen (secondary N) is 1. The van der Waals surface area contributed by atoms with Gasteiger partial charge in [-0.15, -0.1) is 0 Å². The average molecular weight is 168 g/mol. The van der Waals surface area contributed by atoms with E-state index in [-0.39, 0.29) is 0 Å². The summed E-state index contributed by atoms with van der Waals surface area (Å²) < 4.78 is 12.1. The van der Waals surface area contributed by atoms with Crippen LogP contribution in [0.5, 0.6) is 0 Å². The predicted molar refractivity (Wildman–Crippen MR) is 43.0 cm³/mol. The Morgan fingerprint density at radius 3 is 2.50 bits per heavy atom. The molecule has 1 aromatic carbocycles. The van der Waals surface area contributed by atoms with Crippen LogP contribution in [0, 0.1) is 0 Å². The highest BCUT2D eigenvalue weighted by molar-refractivity contribution is 5.94. The number of carbonyl (C=O) groups is 1. The first-order chi connectivity index (χ1) is 5.70. The Morgan fingerprint density at radius 1 is 1.42 bits per heavy atom. The van der Waals surface area contributed by atoms with Gasteiger partial charge in [-0.1, -0.05) is 18.2 Å². The normalized spacial score (nSPS) is 12.2. The summed E-state index contributed by atoms with van der Waals surface area (Å²) in [5.74, 6) is -0.509. The molecule has 3 N–H and O–H groups in total. The van der Waals surface area contributed by atoms with E-state index in [2.05, 4.69) is 0 Å². The number of hydrogen-bond acceptors (Lipinski definition) is 2. The summed E-state index contributed by atoms with van der Waals surface area (Å²) in [5, 5.41) is 1.93. The van der Waals surface area contributed by atoms with Gasteiger partial charge in [0.2, 0.25) is 6.42 Å². The van der Waals surface area contributed by atoms with Crippen LogP contribution in [-0.2, 0) is 0 Å². The maximum absolute atomic E-state index is 12.1. The minimum Gasteiger partial charge on any atom is -0.310 e. The van der Waals surface area contributed by atoms with Gasteiger partial charge in [-0.25, -0.2) is 4.39 Å². The van der Waals surface area contributed by atoms with E-state index in [0.29, 0.717) is 5.56 Å². The number of carbonyl (C=O) groups excluding carboxylic acids is 1. The highest BCUT2D eigenvalue weighted by Gasteiger charge is 2.06. The molecule has 1 aromatic rings. The van der Waals surface area contributed by atoms with Gasteiger partial charge in [-0.3, -0.25) is 10.5 Å². The van der Waals surface area contributed by atoms with Crippen LogP contribution in [0.2, 0.25) is 0 Å². The second-order valence-electron chi connectivity index (χ2n) is 2.24. The second kappa shape index (κ2) is 3.82. The molecule has 0 aromatic heterocycles. The summed E-state index contributed by atoms with van der Waals surface area (Å²) in [6.45, 7) is 0. The van der Waals surface area contributed by atoms with Gasteiger partial charge in [-0.2, -0.15) is 0 Å². The monoisotopic (exact) mass is 168 g/mol. The molecule has 12 heavy (non-hydrogen) atoms. The number of nitrogens with two attached hydrogens (primary N) is 1. The van der Waals surface area contributed by atoms with Gasteiger partial charge in [-0.05, 0) is 12.1 Å². The van der Waals surface area contributed by atoms with Gasteiger partial charge in [0.15, 0.2) is 0 Å². The SMILES string of the molecule is NC(F)NC(=O)c1ccccc1. The van der Waals surface area contributed by atoms with Crippen molar-refractivity contribution in [1.82, 2.24) is 5.32 Å². The minimum absolute atomic E-state index is 0.394. The second-order valence-corrected chi connectivity index (χ2v) is 2.24. The third-order valence-corrected chi connectivity index (χ3v) is 1.30. The van der Waals surface area contributed by atoms with Crippen LogP contribution >= 0.6 is 0 Å². The maximum Gasteiger partial charge on any atom is 0.254 e.